The molecule has 1 heterocycles. The maximum absolute atomic E-state index is 12.3. The topological polar surface area (TPSA) is 92.2 Å². The molecule has 2 N–H and O–H groups in total. The molecule has 0 saturated carbocycles. The lowest BCUT2D eigenvalue weighted by atomic mass is 10.3. The van der Waals surface area contributed by atoms with Gasteiger partial charge in [0, 0.05) is 6.07 Å². The van der Waals surface area contributed by atoms with Gasteiger partial charge in [0.15, 0.2) is 5.58 Å². The molecule has 0 saturated heterocycles. The van der Waals surface area contributed by atoms with Crippen LogP contribution in [0.3, 0.4) is 0 Å². The van der Waals surface area contributed by atoms with Gasteiger partial charge in [-0.15, -0.1) is 0 Å². The number of benzene rings is 2. The second kappa shape index (κ2) is 5.35. The first-order valence-electron chi connectivity index (χ1n) is 5.96. The van der Waals surface area contributed by atoms with Crippen molar-refractivity contribution in [3.63, 3.8) is 0 Å². The Morgan fingerprint density at radius 3 is 2.55 bits per heavy atom. The van der Waals surface area contributed by atoms with Gasteiger partial charge in [-0.2, -0.15) is 0 Å². The highest BCUT2D eigenvalue weighted by molar-refractivity contribution is 7.92. The van der Waals surface area contributed by atoms with Crippen molar-refractivity contribution in [2.75, 3.05) is 4.72 Å². The summed E-state index contributed by atoms with van der Waals surface area (Å²) in [6.07, 6.45) is 0. The third-order valence-electron chi connectivity index (χ3n) is 2.87. The number of sulfonamides is 1. The molecule has 0 aliphatic heterocycles. The van der Waals surface area contributed by atoms with E-state index in [1.165, 1.54) is 36.4 Å². The van der Waals surface area contributed by atoms with Crippen molar-refractivity contribution >= 4 is 50.0 Å². The fourth-order valence-electron chi connectivity index (χ4n) is 1.87. The third-order valence-corrected chi connectivity index (χ3v) is 4.99. The summed E-state index contributed by atoms with van der Waals surface area (Å²) < 4.78 is 31.8. The molecule has 0 aliphatic carbocycles. The number of H-pyrrole nitrogens is 1. The quantitative estimate of drug-likeness (QED) is 0.751. The average molecular weight is 359 g/mol. The summed E-state index contributed by atoms with van der Waals surface area (Å²) in [7, 11) is -3.84. The van der Waals surface area contributed by atoms with E-state index < -0.39 is 15.8 Å². The minimum atomic E-state index is -3.84. The van der Waals surface area contributed by atoms with Gasteiger partial charge in [-0.1, -0.05) is 23.2 Å². The van der Waals surface area contributed by atoms with Gasteiger partial charge < -0.3 is 4.42 Å². The summed E-state index contributed by atoms with van der Waals surface area (Å²) >= 11 is 11.6. The Kier molecular flexibility index (Phi) is 3.64. The molecule has 22 heavy (non-hydrogen) atoms. The molecule has 0 spiro atoms. The Morgan fingerprint density at radius 1 is 1.05 bits per heavy atom. The lowest BCUT2D eigenvalue weighted by Crippen LogP contribution is -2.12. The van der Waals surface area contributed by atoms with Crippen LogP contribution in [0.5, 0.6) is 0 Å². The number of oxazole rings is 1. The van der Waals surface area contributed by atoms with Crippen molar-refractivity contribution < 1.29 is 12.8 Å². The van der Waals surface area contributed by atoms with Gasteiger partial charge in [-0.3, -0.25) is 9.71 Å². The van der Waals surface area contributed by atoms with Crippen molar-refractivity contribution in [1.29, 1.82) is 0 Å². The zero-order valence-electron chi connectivity index (χ0n) is 10.8. The second-order valence-corrected chi connectivity index (χ2v) is 6.90. The predicted molar refractivity (Wildman–Crippen MR) is 84.1 cm³/mol. The van der Waals surface area contributed by atoms with Gasteiger partial charge in [-0.25, -0.2) is 13.2 Å². The third kappa shape index (κ3) is 2.83. The van der Waals surface area contributed by atoms with Crippen molar-refractivity contribution in [3.05, 3.63) is 57.0 Å². The van der Waals surface area contributed by atoms with Crippen LogP contribution >= 0.6 is 23.2 Å². The molecular formula is C13H8Cl2N2O4S. The van der Waals surface area contributed by atoms with Crippen LogP contribution in [0.4, 0.5) is 5.69 Å². The molecule has 3 aromatic rings. The van der Waals surface area contributed by atoms with Gasteiger partial charge in [0.05, 0.1) is 26.1 Å². The smallest absolute Gasteiger partial charge is 0.408 e. The molecular weight excluding hydrogens is 351 g/mol. The van der Waals surface area contributed by atoms with Crippen molar-refractivity contribution in [2.24, 2.45) is 0 Å². The average Bonchev–Trinajstić information content (AvgIpc) is 2.80. The first kappa shape index (κ1) is 15.0. The Labute approximate surface area is 134 Å². The molecule has 0 bridgehead atoms. The lowest BCUT2D eigenvalue weighted by molar-refractivity contribution is 0.555. The summed E-state index contributed by atoms with van der Waals surface area (Å²) in [6.45, 7) is 0. The summed E-state index contributed by atoms with van der Waals surface area (Å²) in [4.78, 5) is 13.5. The Balaban J connectivity index is 1.98. The molecule has 0 unspecified atom stereocenters. The number of nitrogens with one attached hydrogen (secondary N) is 2. The van der Waals surface area contributed by atoms with E-state index in [2.05, 4.69) is 9.71 Å². The van der Waals surface area contributed by atoms with Gasteiger partial charge in [0.25, 0.3) is 10.0 Å². The predicted octanol–water partition coefficient (Wildman–Crippen LogP) is 3.23. The minimum absolute atomic E-state index is 0.0301. The van der Waals surface area contributed by atoms with Gasteiger partial charge in [0.1, 0.15) is 0 Å². The highest BCUT2D eigenvalue weighted by atomic mass is 35.5. The van der Waals surface area contributed by atoms with E-state index in [4.69, 9.17) is 27.6 Å². The maximum atomic E-state index is 12.3. The molecule has 9 heteroatoms. The zero-order valence-corrected chi connectivity index (χ0v) is 13.1. The Bertz CT molecular complexity index is 1020. The normalized spacial score (nSPS) is 11.7. The molecule has 1 aromatic heterocycles. The number of fused-ring (bicyclic) bond motifs is 1. The number of anilines is 1. The van der Waals surface area contributed by atoms with Crippen molar-refractivity contribution in [2.45, 2.75) is 4.90 Å². The van der Waals surface area contributed by atoms with Crippen molar-refractivity contribution in [1.82, 2.24) is 4.98 Å². The zero-order chi connectivity index (χ0) is 15.9. The summed E-state index contributed by atoms with van der Waals surface area (Å²) in [6, 6.07) is 8.43. The van der Waals surface area contributed by atoms with Gasteiger partial charge in [0.2, 0.25) is 0 Å². The van der Waals surface area contributed by atoms with E-state index in [-0.39, 0.29) is 26.2 Å². The summed E-state index contributed by atoms with van der Waals surface area (Å²) in [5.74, 6) is -0.612. The van der Waals surface area contributed by atoms with Crippen LogP contribution in [0.2, 0.25) is 10.0 Å². The number of rotatable bonds is 3. The van der Waals surface area contributed by atoms with E-state index in [1.807, 2.05) is 0 Å². The number of aromatic nitrogens is 1. The van der Waals surface area contributed by atoms with Crippen LogP contribution in [0.25, 0.3) is 11.1 Å². The standard InChI is InChI=1S/C13H8Cl2N2O4S/c14-9-3-2-8(6-10(9)15)22(19,20)17-7-1-4-11-12(5-7)21-13(18)16-11/h1-6,17H,(H,16,18). The lowest BCUT2D eigenvalue weighted by Gasteiger charge is -2.08. The molecule has 0 aliphatic rings. The highest BCUT2D eigenvalue weighted by Gasteiger charge is 2.16. The van der Waals surface area contributed by atoms with E-state index in [0.29, 0.717) is 5.52 Å². The van der Waals surface area contributed by atoms with Crippen LogP contribution < -0.4 is 10.5 Å². The van der Waals surface area contributed by atoms with E-state index in [1.54, 1.807) is 0 Å². The van der Waals surface area contributed by atoms with E-state index >= 15 is 0 Å². The van der Waals surface area contributed by atoms with Crippen LogP contribution in [0, 0.1) is 0 Å². The monoisotopic (exact) mass is 358 g/mol. The molecule has 3 rings (SSSR count). The SMILES string of the molecule is O=c1[nH]c2ccc(NS(=O)(=O)c3ccc(Cl)c(Cl)c3)cc2o1. The Hall–Kier alpha value is -1.96. The largest absolute Gasteiger partial charge is 0.417 e. The first-order valence-corrected chi connectivity index (χ1v) is 8.20. The van der Waals surface area contributed by atoms with Gasteiger partial charge in [-0.05, 0) is 30.3 Å². The fraction of sp³-hybridized carbons (Fsp3) is 0. The Morgan fingerprint density at radius 2 is 1.82 bits per heavy atom. The summed E-state index contributed by atoms with van der Waals surface area (Å²) in [5, 5.41) is 0.396. The highest BCUT2D eigenvalue weighted by Crippen LogP contribution is 2.26. The number of hydrogen-bond acceptors (Lipinski definition) is 4. The molecule has 0 fully saturated rings. The van der Waals surface area contributed by atoms with Crippen LogP contribution in [0.1, 0.15) is 0 Å². The van der Waals surface area contributed by atoms with Gasteiger partial charge >= 0.3 is 5.76 Å². The molecule has 6 nitrogen and oxygen atoms in total. The van der Waals surface area contributed by atoms with Crippen LogP contribution in [0.15, 0.2) is 50.5 Å². The number of hydrogen-bond donors (Lipinski definition) is 2. The summed E-state index contributed by atoms with van der Waals surface area (Å²) in [5.41, 5.74) is 0.975. The molecule has 2 aromatic carbocycles. The fourth-order valence-corrected chi connectivity index (χ4v) is 3.31. The number of halogens is 2. The minimum Gasteiger partial charge on any atom is -0.408 e. The van der Waals surface area contributed by atoms with E-state index in [9.17, 15) is 13.2 Å². The maximum Gasteiger partial charge on any atom is 0.417 e. The van der Waals surface area contributed by atoms with Crippen molar-refractivity contribution in [3.8, 4) is 0 Å². The van der Waals surface area contributed by atoms with Crippen LogP contribution in [-0.2, 0) is 10.0 Å². The molecule has 0 radical (unpaired) electrons. The number of aromatic amines is 1. The van der Waals surface area contributed by atoms with E-state index in [0.717, 1.165) is 0 Å². The molecule has 0 atom stereocenters. The molecule has 114 valence electrons. The molecule has 0 amide bonds. The van der Waals surface area contributed by atoms with Crippen LogP contribution in [-0.4, -0.2) is 13.4 Å². The first-order chi connectivity index (χ1) is 10.3. The second-order valence-electron chi connectivity index (χ2n) is 4.41.